The van der Waals surface area contributed by atoms with Crippen molar-refractivity contribution in [2.24, 2.45) is 0 Å². The fourth-order valence-corrected chi connectivity index (χ4v) is 5.32. The quantitative estimate of drug-likeness (QED) is 0.847. The number of anilines is 1. The van der Waals surface area contributed by atoms with E-state index in [4.69, 9.17) is 0 Å². The molecule has 1 aliphatic rings. The molecule has 0 bridgehead atoms. The molecule has 27 heavy (non-hydrogen) atoms. The Bertz CT molecular complexity index is 1010. The Morgan fingerprint density at radius 3 is 2.52 bits per heavy atom. The molecule has 0 saturated heterocycles. The Balaban J connectivity index is 1.86. The van der Waals surface area contributed by atoms with E-state index in [0.717, 1.165) is 16.0 Å². The zero-order valence-corrected chi connectivity index (χ0v) is 17.8. The zero-order valence-electron chi connectivity index (χ0n) is 16.2. The van der Waals surface area contributed by atoms with Crippen LogP contribution < -0.4 is 5.32 Å². The predicted molar refractivity (Wildman–Crippen MR) is 110 cm³/mol. The van der Waals surface area contributed by atoms with Gasteiger partial charge < -0.3 is 5.32 Å². The SMILES string of the molecule is Cc1ccc2c(c1)S[C@H](C(=O)Nc1cc(S(=O)(=O)N(C)C)cc(C)c1C)C2. The molecule has 1 aliphatic heterocycles. The van der Waals surface area contributed by atoms with Gasteiger partial charge in [0, 0.05) is 24.7 Å². The van der Waals surface area contributed by atoms with Gasteiger partial charge in [-0.25, -0.2) is 12.7 Å². The molecule has 1 heterocycles. The van der Waals surface area contributed by atoms with E-state index >= 15 is 0 Å². The molecule has 3 rings (SSSR count). The van der Waals surface area contributed by atoms with E-state index in [-0.39, 0.29) is 16.1 Å². The maximum absolute atomic E-state index is 12.8. The average Bonchev–Trinajstić information content (AvgIpc) is 3.01. The summed E-state index contributed by atoms with van der Waals surface area (Å²) in [6.45, 7) is 5.77. The van der Waals surface area contributed by atoms with Crippen molar-refractivity contribution in [3.05, 3.63) is 52.6 Å². The number of amides is 1. The van der Waals surface area contributed by atoms with Crippen LogP contribution in [0.3, 0.4) is 0 Å². The molecular formula is C20H24N2O3S2. The third-order valence-electron chi connectivity index (χ3n) is 4.87. The fraction of sp³-hybridized carbons (Fsp3) is 0.350. The molecule has 0 aliphatic carbocycles. The van der Waals surface area contributed by atoms with E-state index < -0.39 is 10.0 Å². The van der Waals surface area contributed by atoms with Crippen molar-refractivity contribution in [2.75, 3.05) is 19.4 Å². The van der Waals surface area contributed by atoms with Gasteiger partial charge in [-0.3, -0.25) is 4.79 Å². The third kappa shape index (κ3) is 3.90. The second-order valence-electron chi connectivity index (χ2n) is 7.11. The Morgan fingerprint density at radius 2 is 1.85 bits per heavy atom. The highest BCUT2D eigenvalue weighted by molar-refractivity contribution is 8.01. The van der Waals surface area contributed by atoms with Crippen molar-refractivity contribution >= 4 is 33.4 Å². The minimum absolute atomic E-state index is 0.101. The molecule has 144 valence electrons. The van der Waals surface area contributed by atoms with Gasteiger partial charge in [0.1, 0.15) is 0 Å². The molecule has 0 unspecified atom stereocenters. The number of nitrogens with zero attached hydrogens (tertiary/aromatic N) is 1. The van der Waals surface area contributed by atoms with Crippen molar-refractivity contribution in [2.45, 2.75) is 42.2 Å². The first-order chi connectivity index (χ1) is 12.6. The number of nitrogens with one attached hydrogen (secondary N) is 1. The average molecular weight is 405 g/mol. The van der Waals surface area contributed by atoms with E-state index in [0.29, 0.717) is 12.1 Å². The highest BCUT2D eigenvalue weighted by atomic mass is 32.2. The van der Waals surface area contributed by atoms with Crippen LogP contribution in [0.2, 0.25) is 0 Å². The number of fused-ring (bicyclic) bond motifs is 1. The van der Waals surface area contributed by atoms with Gasteiger partial charge in [0.05, 0.1) is 10.1 Å². The summed E-state index contributed by atoms with van der Waals surface area (Å²) in [7, 11) is -0.571. The van der Waals surface area contributed by atoms with Gasteiger partial charge in [0.15, 0.2) is 0 Å². The number of aryl methyl sites for hydroxylation is 2. The smallest absolute Gasteiger partial charge is 0.242 e. The summed E-state index contributed by atoms with van der Waals surface area (Å²) in [5.74, 6) is -0.101. The molecular weight excluding hydrogens is 380 g/mol. The molecule has 0 saturated carbocycles. The van der Waals surface area contributed by atoms with Crippen molar-refractivity contribution < 1.29 is 13.2 Å². The molecule has 7 heteroatoms. The number of sulfonamides is 1. The van der Waals surface area contributed by atoms with Crippen molar-refractivity contribution in [3.63, 3.8) is 0 Å². The molecule has 0 spiro atoms. The molecule has 2 aromatic carbocycles. The predicted octanol–water partition coefficient (Wildman–Crippen LogP) is 3.52. The van der Waals surface area contributed by atoms with Crippen LogP contribution in [0.4, 0.5) is 5.69 Å². The largest absolute Gasteiger partial charge is 0.325 e. The van der Waals surface area contributed by atoms with Crippen LogP contribution in [0, 0.1) is 20.8 Å². The number of rotatable bonds is 4. The summed E-state index contributed by atoms with van der Waals surface area (Å²) in [6.07, 6.45) is 0.680. The minimum atomic E-state index is -3.57. The Morgan fingerprint density at radius 1 is 1.15 bits per heavy atom. The topological polar surface area (TPSA) is 66.5 Å². The molecule has 0 fully saturated rings. The van der Waals surface area contributed by atoms with Gasteiger partial charge in [-0.2, -0.15) is 0 Å². The summed E-state index contributed by atoms with van der Waals surface area (Å²) in [4.78, 5) is 14.2. The number of hydrogen-bond donors (Lipinski definition) is 1. The summed E-state index contributed by atoms with van der Waals surface area (Å²) >= 11 is 1.56. The lowest BCUT2D eigenvalue weighted by Crippen LogP contribution is -2.26. The second-order valence-corrected chi connectivity index (χ2v) is 10.5. The fourth-order valence-electron chi connectivity index (χ4n) is 3.01. The van der Waals surface area contributed by atoms with E-state index in [1.165, 1.54) is 29.5 Å². The van der Waals surface area contributed by atoms with Gasteiger partial charge >= 0.3 is 0 Å². The number of benzene rings is 2. The van der Waals surface area contributed by atoms with Gasteiger partial charge in [-0.15, -0.1) is 11.8 Å². The molecule has 1 N–H and O–H groups in total. The van der Waals surface area contributed by atoms with E-state index in [2.05, 4.69) is 23.5 Å². The molecule has 5 nitrogen and oxygen atoms in total. The summed E-state index contributed by atoms with van der Waals surface area (Å²) in [5.41, 5.74) is 4.61. The molecule has 1 amide bonds. The summed E-state index contributed by atoms with van der Waals surface area (Å²) in [5, 5.41) is 2.74. The zero-order chi connectivity index (χ0) is 19.9. The lowest BCUT2D eigenvalue weighted by molar-refractivity contribution is -0.115. The van der Waals surface area contributed by atoms with Crippen LogP contribution in [-0.2, 0) is 21.2 Å². The van der Waals surface area contributed by atoms with Crippen LogP contribution in [0.15, 0.2) is 40.1 Å². The van der Waals surface area contributed by atoms with E-state index in [9.17, 15) is 13.2 Å². The maximum atomic E-state index is 12.8. The van der Waals surface area contributed by atoms with Gasteiger partial charge in [-0.1, -0.05) is 17.7 Å². The van der Waals surface area contributed by atoms with Crippen LogP contribution in [0.1, 0.15) is 22.3 Å². The van der Waals surface area contributed by atoms with Crippen LogP contribution in [0.5, 0.6) is 0 Å². The first-order valence-electron chi connectivity index (χ1n) is 8.70. The number of hydrogen-bond acceptors (Lipinski definition) is 4. The second kappa shape index (κ2) is 7.30. The van der Waals surface area contributed by atoms with Gasteiger partial charge in [0.25, 0.3) is 0 Å². The molecule has 2 aromatic rings. The summed E-state index contributed by atoms with van der Waals surface area (Å²) in [6, 6.07) is 9.43. The molecule has 0 radical (unpaired) electrons. The highest BCUT2D eigenvalue weighted by Crippen LogP contribution is 2.38. The lowest BCUT2D eigenvalue weighted by Gasteiger charge is -2.17. The Kier molecular flexibility index (Phi) is 5.38. The lowest BCUT2D eigenvalue weighted by atomic mass is 10.1. The minimum Gasteiger partial charge on any atom is -0.325 e. The number of carbonyl (C=O) groups is 1. The monoisotopic (exact) mass is 404 g/mol. The van der Waals surface area contributed by atoms with Crippen molar-refractivity contribution in [1.29, 1.82) is 0 Å². The van der Waals surface area contributed by atoms with E-state index in [1.807, 2.05) is 20.8 Å². The molecule has 1 atom stereocenters. The van der Waals surface area contributed by atoms with Gasteiger partial charge in [-0.05, 0) is 62.1 Å². The Labute approximate surface area is 165 Å². The van der Waals surface area contributed by atoms with Crippen molar-refractivity contribution in [3.8, 4) is 0 Å². The van der Waals surface area contributed by atoms with Crippen LogP contribution >= 0.6 is 11.8 Å². The first-order valence-corrected chi connectivity index (χ1v) is 11.0. The normalized spacial score (nSPS) is 16.4. The Hall–Kier alpha value is -1.83. The number of carbonyl (C=O) groups excluding carboxylic acids is 1. The molecule has 0 aromatic heterocycles. The van der Waals surface area contributed by atoms with Crippen molar-refractivity contribution in [1.82, 2.24) is 4.31 Å². The highest BCUT2D eigenvalue weighted by Gasteiger charge is 2.29. The van der Waals surface area contributed by atoms with E-state index in [1.54, 1.807) is 23.9 Å². The van der Waals surface area contributed by atoms with Crippen LogP contribution in [-0.4, -0.2) is 38.0 Å². The number of thioether (sulfide) groups is 1. The third-order valence-corrected chi connectivity index (χ3v) is 7.96. The summed E-state index contributed by atoms with van der Waals surface area (Å²) < 4.78 is 26.1. The maximum Gasteiger partial charge on any atom is 0.242 e. The van der Waals surface area contributed by atoms with Gasteiger partial charge in [0.2, 0.25) is 15.9 Å². The first kappa shape index (κ1) is 19.9. The standard InChI is InChI=1S/C20H24N2O3S2/c1-12-6-7-15-10-19(26-18(15)8-12)20(23)21-17-11-16(9-13(2)14(17)3)27(24,25)22(4)5/h6-9,11,19H,10H2,1-5H3,(H,21,23)/t19-/m0/s1. The van der Waals surface area contributed by atoms with Crippen LogP contribution in [0.25, 0.3) is 0 Å².